The molecule has 0 spiro atoms. The van der Waals surface area contributed by atoms with E-state index in [1.807, 2.05) is 30.5 Å². The summed E-state index contributed by atoms with van der Waals surface area (Å²) in [5.74, 6) is -0.188. The summed E-state index contributed by atoms with van der Waals surface area (Å²) in [6, 6.07) is 18.3. The molecule has 5 aromatic rings. The molecule has 0 bridgehead atoms. The fraction of sp³-hybridized carbons (Fsp3) is 0.324. The number of carbonyl (C=O) groups is 1. The van der Waals surface area contributed by atoms with Crippen LogP contribution in [0.4, 0.5) is 5.82 Å². The van der Waals surface area contributed by atoms with Gasteiger partial charge in [-0.1, -0.05) is 42.5 Å². The summed E-state index contributed by atoms with van der Waals surface area (Å²) >= 11 is 0. The second-order valence-corrected chi connectivity index (χ2v) is 12.2. The number of benzene rings is 2. The summed E-state index contributed by atoms with van der Waals surface area (Å²) in [5, 5.41) is 4.59. The molecule has 45 heavy (non-hydrogen) atoms. The normalized spacial score (nSPS) is 16.9. The molecule has 1 aliphatic carbocycles. The molecule has 6 rings (SSSR count). The Balaban J connectivity index is 1.48. The zero-order valence-corrected chi connectivity index (χ0v) is 26.0. The number of nitrogens with zero attached hydrogens (tertiary/aromatic N) is 6. The molecule has 232 valence electrons. The van der Waals surface area contributed by atoms with E-state index in [0.717, 1.165) is 52.6 Å². The number of nitrogens with two attached hydrogens (primary N) is 2. The topological polar surface area (TPSA) is 147 Å². The Bertz CT molecular complexity index is 2000. The zero-order valence-electron chi connectivity index (χ0n) is 26.0. The number of rotatable bonds is 7. The Morgan fingerprint density at radius 1 is 0.956 bits per heavy atom. The lowest BCUT2D eigenvalue weighted by molar-refractivity contribution is 0.0998. The summed E-state index contributed by atoms with van der Waals surface area (Å²) in [6.07, 6.45) is 5.80. The molecular weight excluding hydrogens is 568 g/mol. The van der Waals surface area contributed by atoms with Gasteiger partial charge in [-0.15, -0.1) is 0 Å². The standard InChI is InChI=1S/C34H38N8O3/c1-20(2)40-29(28(32(36)43)33(44)41(34(40)45)25-8-6-5-7-9-25)23-12-10-21(11-13-23)26-18-27(42-30(26)31(35)37-19-38-42)22-14-16-24(17-15-22)39(3)4/h5-13,18-20,22,24H,14-17H2,1-4H3,(H2,36,43)(H2,35,37,38). The van der Waals surface area contributed by atoms with Crippen LogP contribution < -0.4 is 22.7 Å². The lowest BCUT2D eigenvalue weighted by atomic mass is 9.83. The third-order valence-corrected chi connectivity index (χ3v) is 8.99. The van der Waals surface area contributed by atoms with Gasteiger partial charge in [0.2, 0.25) is 0 Å². The first-order valence-electron chi connectivity index (χ1n) is 15.2. The largest absolute Gasteiger partial charge is 0.382 e. The fourth-order valence-corrected chi connectivity index (χ4v) is 6.71. The Labute approximate surface area is 260 Å². The predicted molar refractivity (Wildman–Crippen MR) is 176 cm³/mol. The summed E-state index contributed by atoms with van der Waals surface area (Å²) < 4.78 is 4.37. The Hall–Kier alpha value is -5.03. The van der Waals surface area contributed by atoms with Crippen LogP contribution in [0, 0.1) is 0 Å². The van der Waals surface area contributed by atoms with Crippen LogP contribution in [0.1, 0.15) is 67.5 Å². The highest BCUT2D eigenvalue weighted by Crippen LogP contribution is 2.39. The summed E-state index contributed by atoms with van der Waals surface area (Å²) in [5.41, 5.74) is 15.3. The minimum atomic E-state index is -0.907. The number of nitrogen functional groups attached to an aromatic ring is 1. The lowest BCUT2D eigenvalue weighted by Crippen LogP contribution is -2.44. The van der Waals surface area contributed by atoms with Gasteiger partial charge in [0.25, 0.3) is 11.5 Å². The van der Waals surface area contributed by atoms with Gasteiger partial charge in [-0.25, -0.2) is 18.9 Å². The van der Waals surface area contributed by atoms with Crippen molar-refractivity contribution in [1.29, 1.82) is 0 Å². The maximum atomic E-state index is 13.8. The molecule has 3 aromatic heterocycles. The van der Waals surface area contributed by atoms with Crippen molar-refractivity contribution in [3.05, 3.63) is 99.1 Å². The number of aromatic nitrogens is 5. The molecule has 11 heteroatoms. The SMILES string of the molecule is CC(C)n1c(-c2ccc(-c3cc(C4CCC(N(C)C)CC4)n4ncnc(N)c34)cc2)c(C(N)=O)c(=O)n(-c2ccccc2)c1=O. The van der Waals surface area contributed by atoms with Gasteiger partial charge in [-0.3, -0.25) is 14.2 Å². The Morgan fingerprint density at radius 2 is 1.60 bits per heavy atom. The molecule has 1 amide bonds. The van der Waals surface area contributed by atoms with Crippen molar-refractivity contribution in [2.75, 3.05) is 19.8 Å². The number of primary amides is 1. The molecule has 0 radical (unpaired) electrons. The van der Waals surface area contributed by atoms with Crippen LogP contribution in [0.25, 0.3) is 33.6 Å². The first-order valence-corrected chi connectivity index (χ1v) is 15.2. The number of para-hydroxylation sites is 1. The first-order chi connectivity index (χ1) is 21.6. The number of carbonyl (C=O) groups excluding carboxylic acids is 1. The van der Waals surface area contributed by atoms with Crippen LogP contribution in [0.15, 0.2) is 76.6 Å². The second-order valence-electron chi connectivity index (χ2n) is 12.2. The van der Waals surface area contributed by atoms with Crippen molar-refractivity contribution < 1.29 is 4.79 Å². The third kappa shape index (κ3) is 5.22. The third-order valence-electron chi connectivity index (χ3n) is 8.99. The van der Waals surface area contributed by atoms with Crippen molar-refractivity contribution >= 4 is 17.2 Å². The molecule has 0 aliphatic heterocycles. The van der Waals surface area contributed by atoms with E-state index >= 15 is 0 Å². The maximum absolute atomic E-state index is 13.8. The van der Waals surface area contributed by atoms with E-state index in [2.05, 4.69) is 35.1 Å². The van der Waals surface area contributed by atoms with Crippen molar-refractivity contribution in [1.82, 2.24) is 28.6 Å². The molecule has 1 saturated carbocycles. The average Bonchev–Trinajstić information content (AvgIpc) is 3.42. The highest BCUT2D eigenvalue weighted by atomic mass is 16.2. The van der Waals surface area contributed by atoms with Gasteiger partial charge in [-0.05, 0) is 83.0 Å². The van der Waals surface area contributed by atoms with E-state index in [-0.39, 0.29) is 17.3 Å². The molecule has 11 nitrogen and oxygen atoms in total. The first kappa shape index (κ1) is 30.0. The highest BCUT2D eigenvalue weighted by Gasteiger charge is 2.29. The van der Waals surface area contributed by atoms with Gasteiger partial charge in [0.1, 0.15) is 17.4 Å². The van der Waals surface area contributed by atoms with Crippen molar-refractivity contribution in [2.24, 2.45) is 5.73 Å². The number of anilines is 1. The van der Waals surface area contributed by atoms with Crippen LogP contribution in [-0.2, 0) is 0 Å². The highest BCUT2D eigenvalue weighted by molar-refractivity contribution is 5.99. The van der Waals surface area contributed by atoms with E-state index in [1.165, 1.54) is 10.9 Å². The van der Waals surface area contributed by atoms with Crippen molar-refractivity contribution in [3.8, 4) is 28.1 Å². The minimum Gasteiger partial charge on any atom is -0.382 e. The van der Waals surface area contributed by atoms with Crippen LogP contribution in [0.5, 0.6) is 0 Å². The molecule has 1 fully saturated rings. The van der Waals surface area contributed by atoms with Gasteiger partial charge in [0.05, 0.1) is 11.4 Å². The molecular formula is C34H38N8O3. The molecule has 0 unspecified atom stereocenters. The van der Waals surface area contributed by atoms with Gasteiger partial charge in [-0.2, -0.15) is 5.10 Å². The second kappa shape index (κ2) is 11.8. The summed E-state index contributed by atoms with van der Waals surface area (Å²) in [6.45, 7) is 3.65. The van der Waals surface area contributed by atoms with Crippen LogP contribution in [-0.4, -0.2) is 54.7 Å². The predicted octanol–water partition coefficient (Wildman–Crippen LogP) is 4.23. The van der Waals surface area contributed by atoms with Crippen molar-refractivity contribution in [2.45, 2.75) is 57.5 Å². The van der Waals surface area contributed by atoms with Gasteiger partial charge in [0.15, 0.2) is 5.82 Å². The molecule has 4 N–H and O–H groups in total. The Morgan fingerprint density at radius 3 is 2.20 bits per heavy atom. The number of hydrogen-bond donors (Lipinski definition) is 2. The smallest absolute Gasteiger partial charge is 0.336 e. The van der Waals surface area contributed by atoms with Crippen LogP contribution >= 0.6 is 0 Å². The Kier molecular flexibility index (Phi) is 7.88. The van der Waals surface area contributed by atoms with Crippen LogP contribution in [0.2, 0.25) is 0 Å². The molecule has 2 aromatic carbocycles. The quantitative estimate of drug-likeness (QED) is 0.282. The molecule has 0 atom stereocenters. The maximum Gasteiger partial charge on any atom is 0.336 e. The lowest BCUT2D eigenvalue weighted by Gasteiger charge is -2.32. The number of hydrogen-bond acceptors (Lipinski definition) is 7. The average molecular weight is 607 g/mol. The summed E-state index contributed by atoms with van der Waals surface area (Å²) in [4.78, 5) is 46.9. The van der Waals surface area contributed by atoms with E-state index < -0.39 is 17.2 Å². The van der Waals surface area contributed by atoms with Gasteiger partial charge in [0, 0.05) is 29.3 Å². The number of fused-ring (bicyclic) bond motifs is 1. The minimum absolute atomic E-state index is 0.189. The fourth-order valence-electron chi connectivity index (χ4n) is 6.71. The summed E-state index contributed by atoms with van der Waals surface area (Å²) in [7, 11) is 4.27. The molecule has 3 heterocycles. The zero-order chi connectivity index (χ0) is 32.0. The van der Waals surface area contributed by atoms with Crippen LogP contribution in [0.3, 0.4) is 0 Å². The monoisotopic (exact) mass is 606 g/mol. The van der Waals surface area contributed by atoms with Crippen molar-refractivity contribution in [3.63, 3.8) is 0 Å². The van der Waals surface area contributed by atoms with E-state index in [1.54, 1.807) is 42.5 Å². The van der Waals surface area contributed by atoms with E-state index in [9.17, 15) is 14.4 Å². The number of amides is 1. The molecule has 1 aliphatic rings. The molecule has 0 saturated heterocycles. The van der Waals surface area contributed by atoms with E-state index in [4.69, 9.17) is 11.5 Å². The van der Waals surface area contributed by atoms with E-state index in [0.29, 0.717) is 29.0 Å². The van der Waals surface area contributed by atoms with Gasteiger partial charge >= 0.3 is 5.69 Å². The van der Waals surface area contributed by atoms with Gasteiger partial charge < -0.3 is 16.4 Å².